The Morgan fingerprint density at radius 3 is 2.07 bits per heavy atom. The van der Waals surface area contributed by atoms with E-state index in [-0.39, 0.29) is 11.5 Å². The number of halogens is 3. The van der Waals surface area contributed by atoms with E-state index in [1.165, 1.54) is 37.8 Å². The highest BCUT2D eigenvalue weighted by Gasteiger charge is 2.33. The number of carbonyl (C=O) groups excluding carboxylic acids is 1. The summed E-state index contributed by atoms with van der Waals surface area (Å²) in [7, 11) is 0. The van der Waals surface area contributed by atoms with Crippen molar-refractivity contribution >= 4 is 52.4 Å². The summed E-state index contributed by atoms with van der Waals surface area (Å²) in [6.07, 6.45) is 7.24. The van der Waals surface area contributed by atoms with Gasteiger partial charge in [0.25, 0.3) is 0 Å². The number of amides is 1. The van der Waals surface area contributed by atoms with Crippen molar-refractivity contribution in [2.75, 3.05) is 5.32 Å². The van der Waals surface area contributed by atoms with E-state index in [9.17, 15) is 9.59 Å². The zero-order valence-corrected chi connectivity index (χ0v) is 17.7. The number of carboxylic acids is 1. The Morgan fingerprint density at radius 2 is 1.56 bits per heavy atom. The minimum atomic E-state index is -1.76. The lowest BCUT2D eigenvalue weighted by Gasteiger charge is -2.27. The lowest BCUT2D eigenvalue weighted by atomic mass is 10.1. The summed E-state index contributed by atoms with van der Waals surface area (Å²) < 4.78 is -1.76. The molecule has 1 aromatic carbocycles. The average Bonchev–Trinajstić information content (AvgIpc) is 2.60. The van der Waals surface area contributed by atoms with Crippen LogP contribution in [-0.4, -0.2) is 26.9 Å². The first kappa shape index (κ1) is 23.9. The lowest BCUT2D eigenvalue weighted by molar-refractivity contribution is -0.121. The molecule has 1 aromatic rings. The van der Waals surface area contributed by atoms with Gasteiger partial charge in [-0.25, -0.2) is 4.79 Å². The molecule has 0 aliphatic carbocycles. The van der Waals surface area contributed by atoms with E-state index in [1.807, 2.05) is 0 Å². The molecule has 0 aromatic heterocycles. The highest BCUT2D eigenvalue weighted by atomic mass is 35.6. The van der Waals surface area contributed by atoms with Crippen LogP contribution in [0.5, 0.6) is 0 Å². The second-order valence-electron chi connectivity index (χ2n) is 6.44. The highest BCUT2D eigenvalue weighted by molar-refractivity contribution is 6.68. The van der Waals surface area contributed by atoms with Crippen LogP contribution >= 0.6 is 34.8 Å². The number of rotatable bonds is 12. The van der Waals surface area contributed by atoms with Gasteiger partial charge in [-0.05, 0) is 30.7 Å². The summed E-state index contributed by atoms with van der Waals surface area (Å²) in [6.45, 7) is 2.18. The molecule has 0 spiro atoms. The van der Waals surface area contributed by atoms with Crippen molar-refractivity contribution in [3.05, 3.63) is 29.8 Å². The molecule has 0 heterocycles. The Hall–Kier alpha value is -1.17. The van der Waals surface area contributed by atoms with E-state index in [0.717, 1.165) is 19.3 Å². The molecular formula is C19H27Cl3N2O3. The number of alkyl halides is 3. The van der Waals surface area contributed by atoms with Gasteiger partial charge in [0.15, 0.2) is 0 Å². The first-order chi connectivity index (χ1) is 12.7. The van der Waals surface area contributed by atoms with Gasteiger partial charge in [0.2, 0.25) is 9.70 Å². The summed E-state index contributed by atoms with van der Waals surface area (Å²) in [4.78, 5) is 23.1. The summed E-state index contributed by atoms with van der Waals surface area (Å²) in [5.41, 5.74) is 0.682. The third-order valence-electron chi connectivity index (χ3n) is 4.08. The zero-order valence-electron chi connectivity index (χ0n) is 15.4. The second-order valence-corrected chi connectivity index (χ2v) is 8.81. The predicted octanol–water partition coefficient (Wildman–Crippen LogP) is 5.75. The van der Waals surface area contributed by atoms with Crippen LogP contribution in [0.15, 0.2) is 24.3 Å². The number of hydrogen-bond donors (Lipinski definition) is 3. The van der Waals surface area contributed by atoms with E-state index >= 15 is 0 Å². The molecule has 5 nitrogen and oxygen atoms in total. The summed E-state index contributed by atoms with van der Waals surface area (Å²) in [6, 6.07) is 5.96. The van der Waals surface area contributed by atoms with Crippen LogP contribution < -0.4 is 10.6 Å². The summed E-state index contributed by atoms with van der Waals surface area (Å²) in [5, 5.41) is 14.5. The largest absolute Gasteiger partial charge is 0.478 e. The topological polar surface area (TPSA) is 78.4 Å². The molecule has 152 valence electrons. The molecule has 0 radical (unpaired) electrons. The fourth-order valence-corrected chi connectivity index (χ4v) is 2.88. The molecule has 0 saturated carbocycles. The van der Waals surface area contributed by atoms with Gasteiger partial charge < -0.3 is 15.7 Å². The van der Waals surface area contributed by atoms with Crippen molar-refractivity contribution in [3.63, 3.8) is 0 Å². The average molecular weight is 438 g/mol. The minimum absolute atomic E-state index is 0.147. The standard InChI is InChI=1S/C19H27Cl3N2O3/c1-2-3-4-5-6-7-8-9-16(25)24-18(19(20,21)22)23-15-12-10-14(11-13-15)17(26)27/h10-13,18,23H,2-9H2,1H3,(H,24,25)(H,26,27)/t18-/m0/s1. The normalized spacial score (nSPS) is 12.4. The maximum Gasteiger partial charge on any atom is 0.335 e. The van der Waals surface area contributed by atoms with Crippen molar-refractivity contribution < 1.29 is 14.7 Å². The molecular weight excluding hydrogens is 411 g/mol. The third-order valence-corrected chi connectivity index (χ3v) is 4.74. The van der Waals surface area contributed by atoms with Crippen molar-refractivity contribution in [2.24, 2.45) is 0 Å². The molecule has 0 unspecified atom stereocenters. The van der Waals surface area contributed by atoms with Crippen molar-refractivity contribution in [2.45, 2.75) is 68.2 Å². The van der Waals surface area contributed by atoms with Gasteiger partial charge in [0.1, 0.15) is 6.17 Å². The van der Waals surface area contributed by atoms with Crippen LogP contribution in [0.25, 0.3) is 0 Å². The Labute approximate surface area is 175 Å². The van der Waals surface area contributed by atoms with Gasteiger partial charge in [0, 0.05) is 12.1 Å². The summed E-state index contributed by atoms with van der Waals surface area (Å²) in [5.74, 6) is -1.22. The molecule has 0 aliphatic heterocycles. The zero-order chi connectivity index (χ0) is 20.3. The molecule has 1 atom stereocenters. The predicted molar refractivity (Wildman–Crippen MR) is 112 cm³/mol. The monoisotopic (exact) mass is 436 g/mol. The number of unbranched alkanes of at least 4 members (excludes halogenated alkanes) is 6. The van der Waals surface area contributed by atoms with Gasteiger partial charge in [-0.15, -0.1) is 0 Å². The van der Waals surface area contributed by atoms with Gasteiger partial charge in [-0.3, -0.25) is 4.79 Å². The Balaban J connectivity index is 2.48. The number of nitrogens with one attached hydrogen (secondary N) is 2. The number of benzene rings is 1. The molecule has 0 bridgehead atoms. The van der Waals surface area contributed by atoms with Crippen LogP contribution in [0.3, 0.4) is 0 Å². The number of anilines is 1. The Bertz CT molecular complexity index is 589. The first-order valence-electron chi connectivity index (χ1n) is 9.20. The molecule has 1 rings (SSSR count). The number of carbonyl (C=O) groups is 2. The quantitative estimate of drug-likeness (QED) is 0.221. The van der Waals surface area contributed by atoms with Crippen molar-refractivity contribution in [1.29, 1.82) is 0 Å². The maximum absolute atomic E-state index is 12.2. The minimum Gasteiger partial charge on any atom is -0.478 e. The van der Waals surface area contributed by atoms with E-state index in [2.05, 4.69) is 17.6 Å². The van der Waals surface area contributed by atoms with Gasteiger partial charge in [-0.2, -0.15) is 0 Å². The number of carboxylic acid groups (broad SMARTS) is 1. The lowest BCUT2D eigenvalue weighted by Crippen LogP contribution is -2.49. The summed E-state index contributed by atoms with van der Waals surface area (Å²) >= 11 is 17.9. The molecule has 8 heteroatoms. The van der Waals surface area contributed by atoms with Crippen LogP contribution in [0.4, 0.5) is 5.69 Å². The molecule has 0 saturated heterocycles. The van der Waals surface area contributed by atoms with Gasteiger partial charge in [0.05, 0.1) is 5.56 Å². The van der Waals surface area contributed by atoms with E-state index < -0.39 is 15.9 Å². The van der Waals surface area contributed by atoms with Crippen LogP contribution in [0.2, 0.25) is 0 Å². The molecule has 1 amide bonds. The van der Waals surface area contributed by atoms with E-state index in [4.69, 9.17) is 39.9 Å². The van der Waals surface area contributed by atoms with E-state index in [0.29, 0.717) is 12.1 Å². The van der Waals surface area contributed by atoms with Gasteiger partial charge in [-0.1, -0.05) is 80.3 Å². The van der Waals surface area contributed by atoms with Crippen molar-refractivity contribution in [1.82, 2.24) is 5.32 Å². The Morgan fingerprint density at radius 1 is 1.00 bits per heavy atom. The first-order valence-corrected chi connectivity index (χ1v) is 10.3. The third kappa shape index (κ3) is 10.1. The molecule has 27 heavy (non-hydrogen) atoms. The molecule has 0 fully saturated rings. The smallest absolute Gasteiger partial charge is 0.335 e. The van der Waals surface area contributed by atoms with Gasteiger partial charge >= 0.3 is 5.97 Å². The SMILES string of the molecule is CCCCCCCCCC(=O)N[C@H](Nc1ccc(C(=O)O)cc1)C(Cl)(Cl)Cl. The molecule has 3 N–H and O–H groups in total. The van der Waals surface area contributed by atoms with E-state index in [1.54, 1.807) is 12.1 Å². The van der Waals surface area contributed by atoms with Crippen LogP contribution in [0, 0.1) is 0 Å². The number of hydrogen-bond acceptors (Lipinski definition) is 3. The van der Waals surface area contributed by atoms with Crippen LogP contribution in [0.1, 0.15) is 68.6 Å². The van der Waals surface area contributed by atoms with Crippen molar-refractivity contribution in [3.8, 4) is 0 Å². The Kier molecular flexibility index (Phi) is 10.9. The number of aromatic carboxylic acids is 1. The maximum atomic E-state index is 12.2. The fraction of sp³-hybridized carbons (Fsp3) is 0.579. The second kappa shape index (κ2) is 12.3. The fourth-order valence-electron chi connectivity index (χ4n) is 2.55. The molecule has 0 aliphatic rings. The van der Waals surface area contributed by atoms with Crippen LogP contribution in [-0.2, 0) is 4.79 Å². The highest BCUT2D eigenvalue weighted by Crippen LogP contribution is 2.31.